The van der Waals surface area contributed by atoms with Crippen LogP contribution in [0.25, 0.3) is 0 Å². The van der Waals surface area contributed by atoms with Crippen LogP contribution in [0.1, 0.15) is 17.1 Å². The first-order valence-corrected chi connectivity index (χ1v) is 7.59. The number of aromatic nitrogens is 3. The van der Waals surface area contributed by atoms with E-state index < -0.39 is 5.97 Å². The number of aryl methyl sites for hydroxylation is 2. The van der Waals surface area contributed by atoms with E-state index in [1.807, 2.05) is 6.07 Å². The number of thiophene rings is 1. The zero-order valence-corrected chi connectivity index (χ0v) is 11.8. The Balaban J connectivity index is 1.85. The van der Waals surface area contributed by atoms with Gasteiger partial charge < -0.3 is 10.9 Å². The van der Waals surface area contributed by atoms with E-state index in [9.17, 15) is 4.79 Å². The molecule has 0 aliphatic carbocycles. The zero-order valence-electron chi connectivity index (χ0n) is 10.2. The molecule has 6 nitrogen and oxygen atoms in total. The molecule has 19 heavy (non-hydrogen) atoms. The highest BCUT2D eigenvalue weighted by Gasteiger charge is 2.11. The highest BCUT2D eigenvalue weighted by atomic mass is 32.2. The summed E-state index contributed by atoms with van der Waals surface area (Å²) in [5.74, 6) is 5.55. The van der Waals surface area contributed by atoms with Crippen molar-refractivity contribution in [3.63, 3.8) is 0 Å². The van der Waals surface area contributed by atoms with Crippen LogP contribution in [0.15, 0.2) is 22.7 Å². The van der Waals surface area contributed by atoms with Gasteiger partial charge >= 0.3 is 5.97 Å². The molecule has 2 aromatic rings. The molecule has 0 aliphatic heterocycles. The number of aliphatic carboxylic acids is 1. The predicted molar refractivity (Wildman–Crippen MR) is 74.9 cm³/mol. The van der Waals surface area contributed by atoms with E-state index in [0.29, 0.717) is 11.0 Å². The largest absolute Gasteiger partial charge is 0.481 e. The van der Waals surface area contributed by atoms with Crippen LogP contribution in [0.5, 0.6) is 0 Å². The molecular formula is C11H14N4O2S2. The minimum absolute atomic E-state index is 0.0650. The van der Waals surface area contributed by atoms with Crippen LogP contribution in [-0.2, 0) is 17.6 Å². The van der Waals surface area contributed by atoms with Crippen molar-refractivity contribution in [3.8, 4) is 0 Å². The fraction of sp³-hybridized carbons (Fsp3) is 0.364. The maximum absolute atomic E-state index is 10.5. The first-order chi connectivity index (χ1) is 9.16. The van der Waals surface area contributed by atoms with Crippen molar-refractivity contribution in [2.75, 3.05) is 11.6 Å². The van der Waals surface area contributed by atoms with E-state index in [2.05, 4.69) is 21.6 Å². The molecule has 0 saturated carbocycles. The Bertz CT molecular complexity index is 539. The van der Waals surface area contributed by atoms with Crippen molar-refractivity contribution in [1.82, 2.24) is 14.9 Å². The van der Waals surface area contributed by atoms with Crippen molar-refractivity contribution in [1.29, 1.82) is 0 Å². The molecule has 0 radical (unpaired) electrons. The molecule has 0 spiro atoms. The van der Waals surface area contributed by atoms with Crippen LogP contribution in [-0.4, -0.2) is 31.7 Å². The fourth-order valence-electron chi connectivity index (χ4n) is 1.58. The number of carbonyl (C=O) groups is 1. The fourth-order valence-corrected chi connectivity index (χ4v) is 2.92. The van der Waals surface area contributed by atoms with Gasteiger partial charge in [0.1, 0.15) is 0 Å². The molecule has 0 saturated heterocycles. The predicted octanol–water partition coefficient (Wildman–Crippen LogP) is 1.41. The number of nitrogens with two attached hydrogens (primary N) is 1. The number of thioether (sulfide) groups is 1. The summed E-state index contributed by atoms with van der Waals surface area (Å²) in [6.07, 6.45) is 2.66. The molecule has 0 fully saturated rings. The molecule has 0 aliphatic rings. The van der Waals surface area contributed by atoms with Crippen molar-refractivity contribution in [2.45, 2.75) is 24.4 Å². The lowest BCUT2D eigenvalue weighted by atomic mass is 10.2. The summed E-state index contributed by atoms with van der Waals surface area (Å²) < 4.78 is 1.38. The lowest BCUT2D eigenvalue weighted by Crippen LogP contribution is -2.15. The summed E-state index contributed by atoms with van der Waals surface area (Å²) in [7, 11) is 0. The van der Waals surface area contributed by atoms with Gasteiger partial charge in [-0.2, -0.15) is 0 Å². The van der Waals surface area contributed by atoms with Crippen LogP contribution in [0.2, 0.25) is 0 Å². The SMILES string of the molecule is Nn1c(CCCc2cccs2)nnc1SCC(=O)O. The number of nitrogen functional groups attached to an aromatic ring is 1. The minimum atomic E-state index is -0.896. The van der Waals surface area contributed by atoms with E-state index >= 15 is 0 Å². The molecule has 0 aromatic carbocycles. The third kappa shape index (κ3) is 3.97. The first kappa shape index (κ1) is 13.9. The van der Waals surface area contributed by atoms with Gasteiger partial charge in [-0.3, -0.25) is 4.79 Å². The van der Waals surface area contributed by atoms with Crippen LogP contribution in [0.3, 0.4) is 0 Å². The summed E-state index contributed by atoms with van der Waals surface area (Å²) in [6.45, 7) is 0. The number of carboxylic acid groups (broad SMARTS) is 1. The Labute approximate surface area is 118 Å². The Kier molecular flexibility index (Phi) is 4.80. The molecule has 0 unspecified atom stereocenters. The third-order valence-electron chi connectivity index (χ3n) is 2.46. The van der Waals surface area contributed by atoms with E-state index in [-0.39, 0.29) is 5.75 Å². The lowest BCUT2D eigenvalue weighted by molar-refractivity contribution is -0.133. The standard InChI is InChI=1S/C11H14N4O2S2/c12-15-9(5-1-3-8-4-2-6-18-8)13-14-11(15)19-7-10(16)17/h2,4,6H,1,3,5,7,12H2,(H,16,17). The van der Waals surface area contributed by atoms with Gasteiger partial charge in [0.05, 0.1) is 5.75 Å². The highest BCUT2D eigenvalue weighted by molar-refractivity contribution is 7.99. The van der Waals surface area contributed by atoms with Crippen molar-refractivity contribution in [2.24, 2.45) is 0 Å². The van der Waals surface area contributed by atoms with Gasteiger partial charge in [0.2, 0.25) is 5.16 Å². The Hall–Kier alpha value is -1.54. The van der Waals surface area contributed by atoms with Gasteiger partial charge in [0.15, 0.2) is 5.82 Å². The van der Waals surface area contributed by atoms with E-state index in [0.717, 1.165) is 31.0 Å². The number of nitrogens with zero attached hydrogens (tertiary/aromatic N) is 3. The van der Waals surface area contributed by atoms with Gasteiger partial charge in [0, 0.05) is 11.3 Å². The third-order valence-corrected chi connectivity index (χ3v) is 4.33. The number of rotatable bonds is 7. The molecule has 2 aromatic heterocycles. The van der Waals surface area contributed by atoms with Crippen LogP contribution in [0.4, 0.5) is 0 Å². The van der Waals surface area contributed by atoms with Gasteiger partial charge in [-0.05, 0) is 24.3 Å². The second-order valence-electron chi connectivity index (χ2n) is 3.88. The maximum atomic E-state index is 10.5. The molecule has 102 valence electrons. The molecule has 0 bridgehead atoms. The Morgan fingerprint density at radius 2 is 2.32 bits per heavy atom. The van der Waals surface area contributed by atoms with Gasteiger partial charge in [-0.1, -0.05) is 17.8 Å². The average molecular weight is 298 g/mol. The summed E-state index contributed by atoms with van der Waals surface area (Å²) in [6, 6.07) is 4.14. The second kappa shape index (κ2) is 6.58. The Morgan fingerprint density at radius 1 is 1.47 bits per heavy atom. The van der Waals surface area contributed by atoms with E-state index in [4.69, 9.17) is 10.9 Å². The monoisotopic (exact) mass is 298 g/mol. The van der Waals surface area contributed by atoms with Crippen LogP contribution < -0.4 is 5.84 Å². The smallest absolute Gasteiger partial charge is 0.313 e. The lowest BCUT2D eigenvalue weighted by Gasteiger charge is -2.02. The van der Waals surface area contributed by atoms with Crippen molar-refractivity contribution in [3.05, 3.63) is 28.2 Å². The maximum Gasteiger partial charge on any atom is 0.313 e. The first-order valence-electron chi connectivity index (χ1n) is 5.73. The average Bonchev–Trinajstić information content (AvgIpc) is 2.99. The van der Waals surface area contributed by atoms with E-state index in [1.165, 1.54) is 9.55 Å². The topological polar surface area (TPSA) is 94.0 Å². The Morgan fingerprint density at radius 3 is 3.00 bits per heavy atom. The molecule has 2 rings (SSSR count). The molecular weight excluding hydrogens is 284 g/mol. The number of carboxylic acids is 1. The molecule has 0 amide bonds. The summed E-state index contributed by atoms with van der Waals surface area (Å²) in [5.41, 5.74) is 0. The highest BCUT2D eigenvalue weighted by Crippen LogP contribution is 2.16. The quantitative estimate of drug-likeness (QED) is 0.593. The summed E-state index contributed by atoms with van der Waals surface area (Å²) in [4.78, 5) is 11.8. The zero-order chi connectivity index (χ0) is 13.7. The molecule has 3 N–H and O–H groups in total. The summed E-state index contributed by atoms with van der Waals surface area (Å²) >= 11 is 2.81. The van der Waals surface area contributed by atoms with Gasteiger partial charge in [-0.25, -0.2) is 4.68 Å². The summed E-state index contributed by atoms with van der Waals surface area (Å²) in [5, 5.41) is 19.0. The van der Waals surface area contributed by atoms with Crippen molar-refractivity contribution >= 4 is 29.1 Å². The van der Waals surface area contributed by atoms with Crippen LogP contribution >= 0.6 is 23.1 Å². The number of hydrogen-bond donors (Lipinski definition) is 2. The molecule has 2 heterocycles. The molecule has 8 heteroatoms. The molecule has 0 atom stereocenters. The van der Waals surface area contributed by atoms with E-state index in [1.54, 1.807) is 11.3 Å². The van der Waals surface area contributed by atoms with Crippen molar-refractivity contribution < 1.29 is 9.90 Å². The van der Waals surface area contributed by atoms with Crippen LogP contribution in [0, 0.1) is 0 Å². The minimum Gasteiger partial charge on any atom is -0.481 e. The second-order valence-corrected chi connectivity index (χ2v) is 5.86. The van der Waals surface area contributed by atoms with Gasteiger partial charge in [0.25, 0.3) is 0 Å². The number of hydrogen-bond acceptors (Lipinski definition) is 6. The normalized spacial score (nSPS) is 10.7. The van der Waals surface area contributed by atoms with Gasteiger partial charge in [-0.15, -0.1) is 21.5 Å².